The quantitative estimate of drug-likeness (QED) is 0.127. The summed E-state index contributed by atoms with van der Waals surface area (Å²) in [5.74, 6) is 0. The van der Waals surface area contributed by atoms with Crippen LogP contribution in [0.4, 0.5) is 34.1 Å². The van der Waals surface area contributed by atoms with Crippen molar-refractivity contribution in [1.82, 2.24) is 0 Å². The summed E-state index contributed by atoms with van der Waals surface area (Å²) in [4.78, 5) is 4.96. The molecule has 82 heavy (non-hydrogen) atoms. The molecule has 0 aromatic heterocycles. The number of rotatable bonds is 11. The van der Waals surface area contributed by atoms with E-state index in [0.717, 1.165) is 34.1 Å². The van der Waals surface area contributed by atoms with Crippen molar-refractivity contribution < 1.29 is 0 Å². The summed E-state index contributed by atoms with van der Waals surface area (Å²) < 4.78 is 0. The minimum absolute atomic E-state index is 1.10. The van der Waals surface area contributed by atoms with Gasteiger partial charge in [0.2, 0.25) is 0 Å². The molecular formula is C80H60N2. The third-order valence-corrected chi connectivity index (χ3v) is 16.7. The molecule has 2 nitrogen and oxygen atoms in total. The Morgan fingerprint density at radius 1 is 0.195 bits per heavy atom. The van der Waals surface area contributed by atoms with Crippen LogP contribution in [-0.4, -0.2) is 0 Å². The Balaban J connectivity index is 0.870. The van der Waals surface area contributed by atoms with Crippen LogP contribution in [0.1, 0.15) is 22.3 Å². The highest BCUT2D eigenvalue weighted by Crippen LogP contribution is 2.48. The van der Waals surface area contributed by atoms with Gasteiger partial charge in [-0.2, -0.15) is 0 Å². The van der Waals surface area contributed by atoms with E-state index in [1.54, 1.807) is 0 Å². The van der Waals surface area contributed by atoms with Crippen LogP contribution in [-0.2, 0) is 0 Å². The smallest absolute Gasteiger partial charge is 0.0569 e. The van der Waals surface area contributed by atoms with Gasteiger partial charge >= 0.3 is 0 Å². The van der Waals surface area contributed by atoms with Gasteiger partial charge in [0.1, 0.15) is 0 Å². The fourth-order valence-corrected chi connectivity index (χ4v) is 12.4. The molecular weight excluding hydrogens is 989 g/mol. The van der Waals surface area contributed by atoms with Crippen molar-refractivity contribution in [2.45, 2.75) is 27.7 Å². The fraction of sp³-hybridized carbons (Fsp3) is 0.0500. The predicted molar refractivity (Wildman–Crippen MR) is 352 cm³/mol. The molecule has 0 N–H and O–H groups in total. The molecule has 0 unspecified atom stereocenters. The second-order valence-electron chi connectivity index (χ2n) is 22.0. The maximum atomic E-state index is 2.48. The number of fused-ring (bicyclic) bond motifs is 4. The van der Waals surface area contributed by atoms with E-state index >= 15 is 0 Å². The van der Waals surface area contributed by atoms with Crippen molar-refractivity contribution in [2.24, 2.45) is 0 Å². The molecule has 0 saturated carbocycles. The van der Waals surface area contributed by atoms with E-state index in [4.69, 9.17) is 0 Å². The first kappa shape index (κ1) is 50.0. The molecule has 0 aliphatic heterocycles. The fourth-order valence-electron chi connectivity index (χ4n) is 12.4. The van der Waals surface area contributed by atoms with Crippen molar-refractivity contribution in [3.05, 3.63) is 313 Å². The molecule has 0 radical (unpaired) electrons. The average molecular weight is 1050 g/mol. The van der Waals surface area contributed by atoms with Crippen molar-refractivity contribution >= 4 is 77.2 Å². The van der Waals surface area contributed by atoms with Crippen LogP contribution in [0.2, 0.25) is 0 Å². The van der Waals surface area contributed by atoms with E-state index in [1.807, 2.05) is 0 Å². The lowest BCUT2D eigenvalue weighted by Crippen LogP contribution is -2.14. The molecule has 0 fully saturated rings. The number of hydrogen-bond acceptors (Lipinski definition) is 2. The van der Waals surface area contributed by atoms with Crippen molar-refractivity contribution in [3.63, 3.8) is 0 Å². The van der Waals surface area contributed by atoms with Crippen molar-refractivity contribution in [3.8, 4) is 55.6 Å². The van der Waals surface area contributed by atoms with Crippen LogP contribution >= 0.6 is 0 Å². The third-order valence-electron chi connectivity index (χ3n) is 16.7. The second-order valence-corrected chi connectivity index (χ2v) is 22.0. The van der Waals surface area contributed by atoms with Crippen molar-refractivity contribution in [1.29, 1.82) is 0 Å². The zero-order valence-electron chi connectivity index (χ0n) is 46.6. The Hall–Kier alpha value is -10.3. The average Bonchev–Trinajstić information content (AvgIpc) is 3.18. The summed E-state index contributed by atoms with van der Waals surface area (Å²) in [5.41, 5.74) is 23.4. The minimum atomic E-state index is 1.10. The molecule has 2 heteroatoms. The van der Waals surface area contributed by atoms with E-state index in [0.29, 0.717) is 0 Å². The maximum Gasteiger partial charge on any atom is 0.0569 e. The highest BCUT2D eigenvalue weighted by molar-refractivity contribution is 5.98. The molecule has 14 aromatic rings. The van der Waals surface area contributed by atoms with Crippen LogP contribution in [0, 0.1) is 27.7 Å². The second kappa shape index (κ2) is 21.1. The molecule has 0 aliphatic carbocycles. The lowest BCUT2D eigenvalue weighted by Gasteiger charge is -2.32. The Morgan fingerprint density at radius 2 is 0.476 bits per heavy atom. The summed E-state index contributed by atoms with van der Waals surface area (Å²) in [5, 5.41) is 9.88. The minimum Gasteiger partial charge on any atom is -0.309 e. The Bertz CT molecular complexity index is 4440. The van der Waals surface area contributed by atoms with Crippen LogP contribution in [0.15, 0.2) is 291 Å². The largest absolute Gasteiger partial charge is 0.309 e. The van der Waals surface area contributed by atoms with Gasteiger partial charge in [-0.15, -0.1) is 0 Å². The Kier molecular flexibility index (Phi) is 12.8. The van der Waals surface area contributed by atoms with Crippen LogP contribution in [0.3, 0.4) is 0 Å². The lowest BCUT2D eigenvalue weighted by molar-refractivity contribution is 1.22. The van der Waals surface area contributed by atoms with Gasteiger partial charge in [-0.05, 0) is 210 Å². The highest BCUT2D eigenvalue weighted by Gasteiger charge is 2.24. The highest BCUT2D eigenvalue weighted by atomic mass is 15.2. The summed E-state index contributed by atoms with van der Waals surface area (Å²) in [6, 6.07) is 107. The summed E-state index contributed by atoms with van der Waals surface area (Å²) in [6.45, 7) is 9.02. The summed E-state index contributed by atoms with van der Waals surface area (Å²) >= 11 is 0. The number of benzene rings is 14. The van der Waals surface area contributed by atoms with Gasteiger partial charge in [0, 0.05) is 33.9 Å². The Morgan fingerprint density at radius 3 is 0.817 bits per heavy atom. The third kappa shape index (κ3) is 9.34. The van der Waals surface area contributed by atoms with E-state index in [9.17, 15) is 0 Å². The SMILES string of the molecule is Cc1cc(-c2ccc(N(c3ccc(-c4ccc5ccccc5c4)cc3)c3c(C)cccc3-c3ccc4ccccc4c3)c(C)c2)ccc1N(c1ccc(-c2ccc3ccccc3c2)cc1)c1c(C)cccc1-c1ccc2ccccc2c1. The van der Waals surface area contributed by atoms with Gasteiger partial charge in [0.15, 0.2) is 0 Å². The molecule has 0 spiro atoms. The predicted octanol–water partition coefficient (Wildman–Crippen LogP) is 22.8. The van der Waals surface area contributed by atoms with E-state index in [-0.39, 0.29) is 0 Å². The number of hydrogen-bond donors (Lipinski definition) is 0. The maximum absolute atomic E-state index is 2.48. The molecule has 0 amide bonds. The van der Waals surface area contributed by atoms with Crippen LogP contribution < -0.4 is 9.80 Å². The molecule has 0 aliphatic rings. The Labute approximate surface area is 481 Å². The molecule has 390 valence electrons. The van der Waals surface area contributed by atoms with Gasteiger partial charge in [0.05, 0.1) is 11.4 Å². The zero-order chi connectivity index (χ0) is 55.3. The number of anilines is 6. The number of para-hydroxylation sites is 2. The van der Waals surface area contributed by atoms with Crippen molar-refractivity contribution in [2.75, 3.05) is 9.80 Å². The van der Waals surface area contributed by atoms with Gasteiger partial charge in [-0.1, -0.05) is 218 Å². The topological polar surface area (TPSA) is 6.48 Å². The van der Waals surface area contributed by atoms with Gasteiger partial charge < -0.3 is 9.80 Å². The zero-order valence-corrected chi connectivity index (χ0v) is 46.6. The van der Waals surface area contributed by atoms with Gasteiger partial charge in [-0.3, -0.25) is 0 Å². The summed E-state index contributed by atoms with van der Waals surface area (Å²) in [6.07, 6.45) is 0. The van der Waals surface area contributed by atoms with E-state index < -0.39 is 0 Å². The molecule has 14 aromatic carbocycles. The first-order valence-electron chi connectivity index (χ1n) is 28.5. The lowest BCUT2D eigenvalue weighted by atomic mass is 9.94. The normalized spacial score (nSPS) is 11.4. The molecule has 0 saturated heterocycles. The van der Waals surface area contributed by atoms with Gasteiger partial charge in [-0.25, -0.2) is 0 Å². The molecule has 0 heterocycles. The molecule has 0 atom stereocenters. The van der Waals surface area contributed by atoms with Crippen LogP contribution in [0.25, 0.3) is 98.7 Å². The van der Waals surface area contributed by atoms with E-state index in [1.165, 1.54) is 121 Å². The van der Waals surface area contributed by atoms with E-state index in [2.05, 4.69) is 329 Å². The summed E-state index contributed by atoms with van der Waals surface area (Å²) in [7, 11) is 0. The monoisotopic (exact) mass is 1050 g/mol. The first-order valence-corrected chi connectivity index (χ1v) is 28.5. The van der Waals surface area contributed by atoms with Crippen LogP contribution in [0.5, 0.6) is 0 Å². The first-order chi connectivity index (χ1) is 40.3. The number of nitrogens with zero attached hydrogens (tertiary/aromatic N) is 2. The number of aryl methyl sites for hydroxylation is 4. The molecule has 0 bridgehead atoms. The van der Waals surface area contributed by atoms with Gasteiger partial charge in [0.25, 0.3) is 0 Å². The standard InChI is InChI=1S/C80H60N2/c1-53-15-13-25-75(71-33-29-59-19-7-11-23-65(59)51-71)79(53)81(73-41-35-61(36-42-73)69-31-27-57-17-5-9-21-63(57)49-69)77-45-39-67(47-55(77)3)68-40-46-78(56(4)48-68)82(74-43-37-62(38-44-74)70-32-28-58-18-6-10-22-64(58)50-70)80-54(2)16-14-26-76(80)72-34-30-60-20-8-12-24-66(60)52-72/h5-52H,1-4H3. The molecule has 14 rings (SSSR count).